The van der Waals surface area contributed by atoms with Gasteiger partial charge in [0.05, 0.1) is 6.04 Å². The van der Waals surface area contributed by atoms with Crippen LogP contribution in [0.4, 0.5) is 4.39 Å². The summed E-state index contributed by atoms with van der Waals surface area (Å²) < 4.78 is 14.7. The van der Waals surface area contributed by atoms with Gasteiger partial charge in [0.25, 0.3) is 0 Å². The first-order chi connectivity index (χ1) is 15.0. The lowest BCUT2D eigenvalue weighted by Gasteiger charge is -2.39. The molecule has 2 heterocycles. The van der Waals surface area contributed by atoms with Crippen molar-refractivity contribution in [2.24, 2.45) is 5.92 Å². The molecule has 4 nitrogen and oxygen atoms in total. The number of likely N-dealkylation sites (tertiary alicyclic amines) is 1. The van der Waals surface area contributed by atoms with Crippen molar-refractivity contribution >= 4 is 34.4 Å². The van der Waals surface area contributed by atoms with Crippen molar-refractivity contribution in [3.8, 4) is 0 Å². The van der Waals surface area contributed by atoms with Crippen LogP contribution in [0.15, 0.2) is 35.9 Å². The number of carbonyl (C=O) groups is 2. The van der Waals surface area contributed by atoms with Crippen molar-refractivity contribution in [2.45, 2.75) is 37.5 Å². The number of hydrogen-bond donors (Lipinski definition) is 0. The number of thioether (sulfide) groups is 2. The lowest BCUT2D eigenvalue weighted by Crippen LogP contribution is -2.43. The van der Waals surface area contributed by atoms with E-state index in [9.17, 15) is 14.0 Å². The van der Waals surface area contributed by atoms with E-state index in [-0.39, 0.29) is 27.9 Å². The summed E-state index contributed by atoms with van der Waals surface area (Å²) in [7, 11) is 0. The Morgan fingerprint density at radius 1 is 1.19 bits per heavy atom. The SMILES string of the molecule is CC(=O)SC1CCN(C(C(=O)C2CC2)c2ccccc2F)C/C1=C\CN1CCSCC1. The second kappa shape index (κ2) is 10.6. The van der Waals surface area contributed by atoms with Crippen LogP contribution in [0, 0.1) is 11.7 Å². The number of benzene rings is 1. The van der Waals surface area contributed by atoms with Crippen LogP contribution in [0.2, 0.25) is 0 Å². The fourth-order valence-electron chi connectivity index (χ4n) is 4.48. The van der Waals surface area contributed by atoms with E-state index in [1.54, 1.807) is 19.1 Å². The smallest absolute Gasteiger partial charge is 0.186 e. The maximum Gasteiger partial charge on any atom is 0.186 e. The summed E-state index contributed by atoms with van der Waals surface area (Å²) in [5.41, 5.74) is 1.69. The Labute approximate surface area is 193 Å². The summed E-state index contributed by atoms with van der Waals surface area (Å²) in [5, 5.41) is 0.267. The van der Waals surface area contributed by atoms with Crippen LogP contribution in [0.1, 0.15) is 37.8 Å². The van der Waals surface area contributed by atoms with Gasteiger partial charge in [0.1, 0.15) is 5.82 Å². The fraction of sp³-hybridized carbons (Fsp3) is 0.583. The number of carbonyl (C=O) groups excluding carboxylic acids is 2. The molecule has 2 aliphatic heterocycles. The van der Waals surface area contributed by atoms with Crippen molar-refractivity contribution in [1.82, 2.24) is 9.80 Å². The topological polar surface area (TPSA) is 40.6 Å². The van der Waals surface area contributed by atoms with Crippen molar-refractivity contribution < 1.29 is 14.0 Å². The largest absolute Gasteiger partial charge is 0.298 e. The third-order valence-corrected chi connectivity index (χ3v) is 8.41. The van der Waals surface area contributed by atoms with E-state index in [0.29, 0.717) is 18.7 Å². The molecule has 0 aromatic heterocycles. The number of Topliss-reactive ketones (excluding diaryl/α,β-unsaturated/α-hetero) is 1. The monoisotopic (exact) mass is 462 g/mol. The number of piperidine rings is 1. The van der Waals surface area contributed by atoms with Gasteiger partial charge >= 0.3 is 0 Å². The highest BCUT2D eigenvalue weighted by atomic mass is 32.2. The second-order valence-electron chi connectivity index (χ2n) is 8.65. The van der Waals surface area contributed by atoms with Crippen molar-refractivity contribution in [3.05, 3.63) is 47.3 Å². The predicted octanol–water partition coefficient (Wildman–Crippen LogP) is 4.18. The molecule has 0 bridgehead atoms. The van der Waals surface area contributed by atoms with Gasteiger partial charge in [-0.3, -0.25) is 19.4 Å². The molecule has 2 unspecified atom stereocenters. The summed E-state index contributed by atoms with van der Waals surface area (Å²) in [5.74, 6) is 2.22. The van der Waals surface area contributed by atoms with Gasteiger partial charge < -0.3 is 0 Å². The number of ketones is 1. The number of hydrogen-bond acceptors (Lipinski definition) is 6. The highest BCUT2D eigenvalue weighted by Crippen LogP contribution is 2.40. The number of rotatable bonds is 7. The molecule has 3 aliphatic rings. The van der Waals surface area contributed by atoms with E-state index in [0.717, 1.165) is 50.4 Å². The third kappa shape index (κ3) is 6.01. The Balaban J connectivity index is 1.56. The standard InChI is InChI=1S/C24H31FN2O2S2/c1-17(28)31-22-9-11-27(16-19(22)8-10-26-12-14-30-15-13-26)23(24(29)18-6-7-18)20-4-2-3-5-21(20)25/h2-5,8,18,22-23H,6-7,9-16H2,1H3/b19-8+. The average molecular weight is 463 g/mol. The molecule has 0 amide bonds. The quantitative estimate of drug-likeness (QED) is 0.567. The molecule has 0 N–H and O–H groups in total. The van der Waals surface area contributed by atoms with E-state index < -0.39 is 6.04 Å². The zero-order valence-electron chi connectivity index (χ0n) is 18.1. The Morgan fingerprint density at radius 2 is 1.94 bits per heavy atom. The lowest BCUT2D eigenvalue weighted by molar-refractivity contribution is -0.126. The van der Waals surface area contributed by atoms with Crippen LogP contribution in [0.25, 0.3) is 0 Å². The Morgan fingerprint density at radius 3 is 2.61 bits per heavy atom. The maximum atomic E-state index is 14.7. The second-order valence-corrected chi connectivity index (χ2v) is 11.3. The molecular formula is C24H31FN2O2S2. The van der Waals surface area contributed by atoms with Crippen LogP contribution in [0.5, 0.6) is 0 Å². The van der Waals surface area contributed by atoms with Crippen LogP contribution in [0.3, 0.4) is 0 Å². The zero-order chi connectivity index (χ0) is 21.8. The molecule has 2 saturated heterocycles. The third-order valence-electron chi connectivity index (χ3n) is 6.32. The summed E-state index contributed by atoms with van der Waals surface area (Å²) in [6, 6.07) is 6.16. The molecule has 1 saturated carbocycles. The van der Waals surface area contributed by atoms with Gasteiger partial charge in [-0.1, -0.05) is 36.0 Å². The minimum atomic E-state index is -0.535. The first kappa shape index (κ1) is 23.0. The van der Waals surface area contributed by atoms with Crippen molar-refractivity contribution in [3.63, 3.8) is 0 Å². The van der Waals surface area contributed by atoms with Crippen LogP contribution in [-0.2, 0) is 9.59 Å². The van der Waals surface area contributed by atoms with Gasteiger partial charge in [0.15, 0.2) is 10.9 Å². The molecule has 0 radical (unpaired) electrons. The molecule has 168 valence electrons. The minimum Gasteiger partial charge on any atom is -0.298 e. The Hall–Kier alpha value is -1.15. The number of nitrogens with zero attached hydrogens (tertiary/aromatic N) is 2. The van der Waals surface area contributed by atoms with Gasteiger partial charge in [-0.15, -0.1) is 0 Å². The molecule has 3 fully saturated rings. The fourth-order valence-corrected chi connectivity index (χ4v) is 6.41. The summed E-state index contributed by atoms with van der Waals surface area (Å²) in [6.07, 6.45) is 4.89. The highest BCUT2D eigenvalue weighted by Gasteiger charge is 2.41. The maximum absolute atomic E-state index is 14.7. The van der Waals surface area contributed by atoms with E-state index in [1.165, 1.54) is 23.4 Å². The van der Waals surface area contributed by atoms with Gasteiger partial charge in [0, 0.05) is 67.9 Å². The normalized spacial score (nSPS) is 25.5. The van der Waals surface area contributed by atoms with E-state index in [2.05, 4.69) is 15.9 Å². The Bertz CT molecular complexity index is 837. The van der Waals surface area contributed by atoms with Gasteiger partial charge in [0.2, 0.25) is 0 Å². The molecule has 1 aromatic carbocycles. The van der Waals surface area contributed by atoms with Crippen molar-refractivity contribution in [2.75, 3.05) is 44.2 Å². The predicted molar refractivity (Wildman–Crippen MR) is 127 cm³/mol. The van der Waals surface area contributed by atoms with Crippen LogP contribution in [-0.4, -0.2) is 70.2 Å². The van der Waals surface area contributed by atoms with E-state index >= 15 is 0 Å². The lowest BCUT2D eigenvalue weighted by atomic mass is 9.93. The summed E-state index contributed by atoms with van der Waals surface area (Å²) >= 11 is 3.39. The van der Waals surface area contributed by atoms with Gasteiger partial charge in [-0.05, 0) is 30.9 Å². The first-order valence-corrected chi connectivity index (χ1v) is 13.2. The molecule has 7 heteroatoms. The van der Waals surface area contributed by atoms with Gasteiger partial charge in [-0.2, -0.15) is 11.8 Å². The molecule has 4 rings (SSSR count). The Kier molecular flexibility index (Phi) is 7.91. The number of halogens is 1. The highest BCUT2D eigenvalue weighted by molar-refractivity contribution is 8.14. The summed E-state index contributed by atoms with van der Waals surface area (Å²) in [4.78, 5) is 29.7. The van der Waals surface area contributed by atoms with E-state index in [1.807, 2.05) is 17.8 Å². The molecule has 1 aromatic rings. The average Bonchev–Trinajstić information content (AvgIpc) is 3.61. The van der Waals surface area contributed by atoms with E-state index in [4.69, 9.17) is 0 Å². The molecule has 0 spiro atoms. The molecular weight excluding hydrogens is 431 g/mol. The summed E-state index contributed by atoms with van der Waals surface area (Å²) in [6.45, 7) is 5.97. The van der Waals surface area contributed by atoms with Crippen LogP contribution >= 0.6 is 23.5 Å². The van der Waals surface area contributed by atoms with Gasteiger partial charge in [-0.25, -0.2) is 4.39 Å². The molecule has 1 aliphatic carbocycles. The molecule has 31 heavy (non-hydrogen) atoms. The molecule has 2 atom stereocenters. The zero-order valence-corrected chi connectivity index (χ0v) is 19.7. The first-order valence-electron chi connectivity index (χ1n) is 11.2. The minimum absolute atomic E-state index is 0.0622. The van der Waals surface area contributed by atoms with Crippen molar-refractivity contribution in [1.29, 1.82) is 0 Å². The van der Waals surface area contributed by atoms with Crippen LogP contribution < -0.4 is 0 Å².